The Balaban J connectivity index is 2.25. The Bertz CT molecular complexity index is 735. The van der Waals surface area contributed by atoms with Crippen molar-refractivity contribution in [3.05, 3.63) is 53.1 Å². The lowest BCUT2D eigenvalue weighted by Gasteiger charge is -2.10. The van der Waals surface area contributed by atoms with Crippen molar-refractivity contribution in [3.63, 3.8) is 0 Å². The van der Waals surface area contributed by atoms with Gasteiger partial charge in [0.2, 0.25) is 10.0 Å². The maximum atomic E-state index is 13.7. The largest absolute Gasteiger partial charge is 0.326 e. The number of nitrogens with two attached hydrogens (primary N) is 1. The molecule has 8 heteroatoms. The van der Waals surface area contributed by atoms with Gasteiger partial charge in [-0.25, -0.2) is 17.5 Å². The standard InChI is InChI=1S/C13H15FN4O2S/c1-9-5-12(6-10(7-15)13(9)14)21(19,20)17-8-11-3-2-4-16-18-11/h2-6,17H,7-8,15H2,1H3. The van der Waals surface area contributed by atoms with Gasteiger partial charge in [0.25, 0.3) is 0 Å². The lowest BCUT2D eigenvalue weighted by atomic mass is 10.1. The lowest BCUT2D eigenvalue weighted by molar-refractivity contribution is 0.576. The quantitative estimate of drug-likeness (QED) is 0.853. The second kappa shape index (κ2) is 6.25. The van der Waals surface area contributed by atoms with Crippen LogP contribution in [0.5, 0.6) is 0 Å². The Hall–Kier alpha value is -1.90. The third-order valence-corrected chi connectivity index (χ3v) is 4.29. The van der Waals surface area contributed by atoms with Crippen LogP contribution in [0.15, 0.2) is 35.4 Å². The normalized spacial score (nSPS) is 11.6. The van der Waals surface area contributed by atoms with Crippen LogP contribution in [0.3, 0.4) is 0 Å². The smallest absolute Gasteiger partial charge is 0.240 e. The van der Waals surface area contributed by atoms with Gasteiger partial charge in [0.1, 0.15) is 5.82 Å². The van der Waals surface area contributed by atoms with Crippen LogP contribution in [0, 0.1) is 12.7 Å². The molecule has 0 saturated heterocycles. The molecular weight excluding hydrogens is 295 g/mol. The first-order chi connectivity index (χ1) is 9.94. The number of hydrogen-bond acceptors (Lipinski definition) is 5. The summed E-state index contributed by atoms with van der Waals surface area (Å²) < 4.78 is 40.5. The van der Waals surface area contributed by atoms with Crippen LogP contribution in [0.4, 0.5) is 4.39 Å². The first-order valence-corrected chi connectivity index (χ1v) is 7.67. The van der Waals surface area contributed by atoms with Gasteiger partial charge in [-0.3, -0.25) is 0 Å². The van der Waals surface area contributed by atoms with E-state index in [1.54, 1.807) is 12.1 Å². The van der Waals surface area contributed by atoms with Crippen molar-refractivity contribution in [2.75, 3.05) is 0 Å². The first-order valence-electron chi connectivity index (χ1n) is 6.19. The minimum Gasteiger partial charge on any atom is -0.326 e. The molecule has 0 aliphatic carbocycles. The zero-order chi connectivity index (χ0) is 15.5. The number of aromatic nitrogens is 2. The Labute approximate surface area is 122 Å². The summed E-state index contributed by atoms with van der Waals surface area (Å²) in [6.07, 6.45) is 1.49. The van der Waals surface area contributed by atoms with Crippen molar-refractivity contribution in [1.29, 1.82) is 0 Å². The van der Waals surface area contributed by atoms with Gasteiger partial charge < -0.3 is 5.73 Å². The molecule has 0 spiro atoms. The molecule has 3 N–H and O–H groups in total. The van der Waals surface area contributed by atoms with Gasteiger partial charge in [-0.15, -0.1) is 0 Å². The number of benzene rings is 1. The van der Waals surface area contributed by atoms with E-state index >= 15 is 0 Å². The summed E-state index contributed by atoms with van der Waals surface area (Å²) in [6, 6.07) is 5.82. The van der Waals surface area contributed by atoms with Crippen molar-refractivity contribution in [2.24, 2.45) is 5.73 Å². The predicted octanol–water partition coefficient (Wildman–Crippen LogP) is 0.861. The zero-order valence-corrected chi connectivity index (χ0v) is 12.2. The molecule has 0 fully saturated rings. The van der Waals surface area contributed by atoms with Crippen LogP contribution in [0.25, 0.3) is 0 Å². The molecule has 6 nitrogen and oxygen atoms in total. The molecule has 0 bridgehead atoms. The van der Waals surface area contributed by atoms with Crippen molar-refractivity contribution in [1.82, 2.24) is 14.9 Å². The van der Waals surface area contributed by atoms with E-state index in [1.807, 2.05) is 0 Å². The molecule has 1 heterocycles. The molecule has 1 aromatic heterocycles. The molecule has 0 radical (unpaired) electrons. The van der Waals surface area contributed by atoms with Crippen molar-refractivity contribution in [2.45, 2.75) is 24.9 Å². The molecular formula is C13H15FN4O2S. The SMILES string of the molecule is Cc1cc(S(=O)(=O)NCc2cccnn2)cc(CN)c1F. The van der Waals surface area contributed by atoms with Gasteiger partial charge in [-0.1, -0.05) is 0 Å². The summed E-state index contributed by atoms with van der Waals surface area (Å²) in [7, 11) is -3.77. The highest BCUT2D eigenvalue weighted by molar-refractivity contribution is 7.89. The molecule has 0 atom stereocenters. The fourth-order valence-electron chi connectivity index (χ4n) is 1.79. The molecule has 0 aliphatic heterocycles. The number of halogens is 1. The molecule has 0 unspecified atom stereocenters. The lowest BCUT2D eigenvalue weighted by Crippen LogP contribution is -2.24. The van der Waals surface area contributed by atoms with Gasteiger partial charge in [0, 0.05) is 18.3 Å². The van der Waals surface area contributed by atoms with Crippen molar-refractivity contribution < 1.29 is 12.8 Å². The number of aryl methyl sites for hydroxylation is 1. The number of nitrogens with one attached hydrogen (secondary N) is 1. The number of sulfonamides is 1. The summed E-state index contributed by atoms with van der Waals surface area (Å²) in [6.45, 7) is 1.43. The maximum absolute atomic E-state index is 13.7. The van der Waals surface area contributed by atoms with Crippen LogP contribution >= 0.6 is 0 Å². The maximum Gasteiger partial charge on any atom is 0.240 e. The molecule has 0 saturated carbocycles. The van der Waals surface area contributed by atoms with Gasteiger partial charge in [-0.2, -0.15) is 10.2 Å². The van der Waals surface area contributed by atoms with E-state index in [2.05, 4.69) is 14.9 Å². The number of nitrogens with zero attached hydrogens (tertiary/aromatic N) is 2. The van der Waals surface area contributed by atoms with Crippen molar-refractivity contribution in [3.8, 4) is 0 Å². The molecule has 2 rings (SSSR count). The molecule has 2 aromatic rings. The van der Waals surface area contributed by atoms with Crippen LogP contribution in [-0.4, -0.2) is 18.6 Å². The third-order valence-electron chi connectivity index (χ3n) is 2.90. The Morgan fingerprint density at radius 1 is 1.38 bits per heavy atom. The van der Waals surface area contributed by atoms with Crippen LogP contribution < -0.4 is 10.5 Å². The van der Waals surface area contributed by atoms with Crippen LogP contribution in [-0.2, 0) is 23.1 Å². The number of hydrogen-bond donors (Lipinski definition) is 2. The monoisotopic (exact) mass is 310 g/mol. The highest BCUT2D eigenvalue weighted by Crippen LogP contribution is 2.19. The third kappa shape index (κ3) is 3.60. The molecule has 0 amide bonds. The van der Waals surface area contributed by atoms with E-state index in [9.17, 15) is 12.8 Å². The molecule has 0 aliphatic rings. The van der Waals surface area contributed by atoms with E-state index in [-0.39, 0.29) is 29.1 Å². The van der Waals surface area contributed by atoms with Gasteiger partial charge in [0.15, 0.2) is 0 Å². The van der Waals surface area contributed by atoms with E-state index < -0.39 is 15.8 Å². The average Bonchev–Trinajstić information content (AvgIpc) is 2.49. The Morgan fingerprint density at radius 3 is 2.76 bits per heavy atom. The summed E-state index contributed by atoms with van der Waals surface area (Å²) in [5, 5.41) is 7.44. The van der Waals surface area contributed by atoms with E-state index in [1.165, 1.54) is 25.3 Å². The van der Waals surface area contributed by atoms with Crippen molar-refractivity contribution >= 4 is 10.0 Å². The molecule has 21 heavy (non-hydrogen) atoms. The Morgan fingerprint density at radius 2 is 2.14 bits per heavy atom. The Kier molecular flexibility index (Phi) is 4.61. The molecule has 112 valence electrons. The van der Waals surface area contributed by atoms with Crippen LogP contribution in [0.2, 0.25) is 0 Å². The minimum atomic E-state index is -3.77. The van der Waals surface area contributed by atoms with E-state index in [4.69, 9.17) is 5.73 Å². The zero-order valence-electron chi connectivity index (χ0n) is 11.4. The second-order valence-electron chi connectivity index (χ2n) is 4.46. The van der Waals surface area contributed by atoms with E-state index in [0.29, 0.717) is 5.69 Å². The van der Waals surface area contributed by atoms with Crippen LogP contribution in [0.1, 0.15) is 16.8 Å². The fraction of sp³-hybridized carbons (Fsp3) is 0.231. The average molecular weight is 310 g/mol. The summed E-state index contributed by atoms with van der Waals surface area (Å²) in [4.78, 5) is -0.0225. The first kappa shape index (κ1) is 15.5. The van der Waals surface area contributed by atoms with E-state index in [0.717, 1.165) is 0 Å². The van der Waals surface area contributed by atoms with Gasteiger partial charge >= 0.3 is 0 Å². The summed E-state index contributed by atoms with van der Waals surface area (Å²) in [5.41, 5.74) is 6.30. The predicted molar refractivity (Wildman–Crippen MR) is 75.1 cm³/mol. The highest BCUT2D eigenvalue weighted by Gasteiger charge is 2.17. The fourth-order valence-corrected chi connectivity index (χ4v) is 2.92. The summed E-state index contributed by atoms with van der Waals surface area (Å²) >= 11 is 0. The minimum absolute atomic E-state index is 0.00452. The van der Waals surface area contributed by atoms with Gasteiger partial charge in [0.05, 0.1) is 17.1 Å². The van der Waals surface area contributed by atoms with Gasteiger partial charge in [-0.05, 0) is 36.8 Å². The highest BCUT2D eigenvalue weighted by atomic mass is 32.2. The second-order valence-corrected chi connectivity index (χ2v) is 6.22. The number of rotatable bonds is 5. The topological polar surface area (TPSA) is 98.0 Å². The summed E-state index contributed by atoms with van der Waals surface area (Å²) in [5.74, 6) is -0.481. The molecule has 1 aromatic carbocycles.